The van der Waals surface area contributed by atoms with Crippen LogP contribution in [-0.4, -0.2) is 4.57 Å². The normalized spacial score (nSPS) is 10.9. The Labute approximate surface area is 265 Å². The standard InChI is InChI=1S/C42H29N.C2H6/c1-3-13-30(14-4-1)32-17-11-19-34(25-32)36-27-37(35-20-12-18-33(26-35)31-15-5-2-6-16-31)29-38(28-36)43-41-23-9-7-21-39(41)40-22-8-10-24-42(40)43;1-2/h1-29H;1-2H3. The Bertz CT molecular complexity index is 2070. The summed E-state index contributed by atoms with van der Waals surface area (Å²) in [5.41, 5.74) is 13.2. The molecule has 8 rings (SSSR count). The van der Waals surface area contributed by atoms with Crippen LogP contribution in [0.1, 0.15) is 13.8 Å². The molecule has 1 nitrogen and oxygen atoms in total. The number of nitrogens with zero attached hydrogens (tertiary/aromatic N) is 1. The Morgan fingerprint density at radius 1 is 0.289 bits per heavy atom. The number of rotatable bonds is 5. The van der Waals surface area contributed by atoms with Crippen LogP contribution in [0.3, 0.4) is 0 Å². The molecule has 1 heterocycles. The van der Waals surface area contributed by atoms with Gasteiger partial charge in [0.1, 0.15) is 0 Å². The highest BCUT2D eigenvalue weighted by atomic mass is 15.0. The molecule has 0 unspecified atom stereocenters. The maximum absolute atomic E-state index is 2.42. The molecule has 0 atom stereocenters. The minimum Gasteiger partial charge on any atom is -0.309 e. The van der Waals surface area contributed by atoms with Crippen molar-refractivity contribution in [3.63, 3.8) is 0 Å². The van der Waals surface area contributed by atoms with Crippen LogP contribution < -0.4 is 0 Å². The van der Waals surface area contributed by atoms with E-state index in [2.05, 4.69) is 180 Å². The van der Waals surface area contributed by atoms with Crippen LogP contribution in [0.4, 0.5) is 0 Å². The SMILES string of the molecule is CC.c1ccc(-c2cccc(-c3cc(-c4cccc(-c5ccccc5)c4)cc(-n4c5ccccc5c5ccccc54)c3)c2)cc1. The van der Waals surface area contributed by atoms with Crippen LogP contribution >= 0.6 is 0 Å². The second-order valence-electron chi connectivity index (χ2n) is 11.0. The Morgan fingerprint density at radius 3 is 1.07 bits per heavy atom. The molecule has 1 heteroatoms. The molecule has 0 aliphatic rings. The third kappa shape index (κ3) is 5.46. The minimum atomic E-state index is 1.15. The van der Waals surface area contributed by atoms with Crippen molar-refractivity contribution < 1.29 is 0 Å². The van der Waals surface area contributed by atoms with Gasteiger partial charge in [-0.3, -0.25) is 0 Å². The van der Waals surface area contributed by atoms with E-state index in [0.717, 1.165) is 5.69 Å². The van der Waals surface area contributed by atoms with Gasteiger partial charge >= 0.3 is 0 Å². The number of hydrogen-bond acceptors (Lipinski definition) is 0. The van der Waals surface area contributed by atoms with Gasteiger partial charge < -0.3 is 4.57 Å². The lowest BCUT2D eigenvalue weighted by molar-refractivity contribution is 1.18. The topological polar surface area (TPSA) is 4.93 Å². The first-order valence-electron chi connectivity index (χ1n) is 15.8. The van der Waals surface area contributed by atoms with Gasteiger partial charge in [-0.25, -0.2) is 0 Å². The minimum absolute atomic E-state index is 1.15. The van der Waals surface area contributed by atoms with Crippen molar-refractivity contribution in [3.8, 4) is 50.2 Å². The first kappa shape index (κ1) is 28.1. The van der Waals surface area contributed by atoms with Gasteiger partial charge in [0, 0.05) is 16.5 Å². The zero-order valence-electron chi connectivity index (χ0n) is 25.7. The summed E-state index contributed by atoms with van der Waals surface area (Å²) < 4.78 is 2.42. The molecule has 0 N–H and O–H groups in total. The second-order valence-corrected chi connectivity index (χ2v) is 11.0. The van der Waals surface area contributed by atoms with E-state index >= 15 is 0 Å². The highest BCUT2D eigenvalue weighted by Gasteiger charge is 2.15. The van der Waals surface area contributed by atoms with Crippen LogP contribution in [0.15, 0.2) is 176 Å². The summed E-state index contributed by atoms with van der Waals surface area (Å²) >= 11 is 0. The van der Waals surface area contributed by atoms with Crippen molar-refractivity contribution in [2.75, 3.05) is 0 Å². The third-order valence-electron chi connectivity index (χ3n) is 8.36. The van der Waals surface area contributed by atoms with E-state index in [1.807, 2.05) is 13.8 Å². The largest absolute Gasteiger partial charge is 0.309 e. The number of aromatic nitrogens is 1. The first-order chi connectivity index (χ1) is 22.3. The van der Waals surface area contributed by atoms with Crippen LogP contribution in [0.25, 0.3) is 72.0 Å². The van der Waals surface area contributed by atoms with E-state index < -0.39 is 0 Å². The Balaban J connectivity index is 0.00000160. The molecule has 0 spiro atoms. The summed E-state index contributed by atoms with van der Waals surface area (Å²) in [4.78, 5) is 0. The van der Waals surface area contributed by atoms with E-state index in [1.165, 1.54) is 66.3 Å². The highest BCUT2D eigenvalue weighted by Crippen LogP contribution is 2.37. The van der Waals surface area contributed by atoms with Gasteiger partial charge in [0.15, 0.2) is 0 Å². The summed E-state index contributed by atoms with van der Waals surface area (Å²) in [5, 5.41) is 2.53. The average Bonchev–Trinajstić information content (AvgIpc) is 3.48. The molecule has 216 valence electrons. The molecule has 0 saturated carbocycles. The lowest BCUT2D eigenvalue weighted by Crippen LogP contribution is -1.96. The lowest BCUT2D eigenvalue weighted by atomic mass is 9.94. The predicted molar refractivity (Wildman–Crippen MR) is 194 cm³/mol. The Kier molecular flexibility index (Phi) is 7.83. The average molecular weight is 578 g/mol. The molecule has 0 aliphatic heterocycles. The van der Waals surface area contributed by atoms with Gasteiger partial charge in [0.2, 0.25) is 0 Å². The number of para-hydroxylation sites is 2. The van der Waals surface area contributed by atoms with Gasteiger partial charge in [-0.15, -0.1) is 0 Å². The van der Waals surface area contributed by atoms with E-state index in [0.29, 0.717) is 0 Å². The zero-order valence-corrected chi connectivity index (χ0v) is 25.7. The quantitative estimate of drug-likeness (QED) is 0.192. The van der Waals surface area contributed by atoms with E-state index in [1.54, 1.807) is 0 Å². The van der Waals surface area contributed by atoms with Crippen LogP contribution in [-0.2, 0) is 0 Å². The molecule has 7 aromatic carbocycles. The van der Waals surface area contributed by atoms with Gasteiger partial charge in [0.05, 0.1) is 11.0 Å². The second kappa shape index (κ2) is 12.5. The first-order valence-corrected chi connectivity index (χ1v) is 15.8. The monoisotopic (exact) mass is 577 g/mol. The van der Waals surface area contributed by atoms with Crippen molar-refractivity contribution >= 4 is 21.8 Å². The van der Waals surface area contributed by atoms with Gasteiger partial charge in [-0.05, 0) is 87.0 Å². The van der Waals surface area contributed by atoms with Gasteiger partial charge in [-0.2, -0.15) is 0 Å². The van der Waals surface area contributed by atoms with Crippen LogP contribution in [0, 0.1) is 0 Å². The maximum atomic E-state index is 2.42. The summed E-state index contributed by atoms with van der Waals surface area (Å²) in [7, 11) is 0. The fourth-order valence-corrected chi connectivity index (χ4v) is 6.29. The van der Waals surface area contributed by atoms with Crippen LogP contribution in [0.5, 0.6) is 0 Å². The zero-order chi connectivity index (χ0) is 30.6. The molecule has 0 aliphatic carbocycles. The lowest BCUT2D eigenvalue weighted by Gasteiger charge is -2.15. The van der Waals surface area contributed by atoms with E-state index in [9.17, 15) is 0 Å². The number of benzene rings is 7. The summed E-state index contributed by atoms with van der Waals surface area (Å²) in [5.74, 6) is 0. The smallest absolute Gasteiger partial charge is 0.0541 e. The summed E-state index contributed by atoms with van der Waals surface area (Å²) in [6.07, 6.45) is 0. The molecule has 0 amide bonds. The Hall–Kier alpha value is -5.66. The fourth-order valence-electron chi connectivity index (χ4n) is 6.29. The predicted octanol–water partition coefficient (Wildman–Crippen LogP) is 12.5. The maximum Gasteiger partial charge on any atom is 0.0541 e. The molecule has 8 aromatic rings. The molecule has 0 saturated heterocycles. The van der Waals surface area contributed by atoms with Crippen LogP contribution in [0.2, 0.25) is 0 Å². The molecule has 0 fully saturated rings. The number of fused-ring (bicyclic) bond motifs is 3. The number of hydrogen-bond donors (Lipinski definition) is 0. The molecular formula is C44H35N. The molecule has 1 aromatic heterocycles. The van der Waals surface area contributed by atoms with Gasteiger partial charge in [0.25, 0.3) is 0 Å². The summed E-state index contributed by atoms with van der Waals surface area (Å²) in [6.45, 7) is 4.00. The van der Waals surface area contributed by atoms with Crippen molar-refractivity contribution in [3.05, 3.63) is 176 Å². The van der Waals surface area contributed by atoms with Crippen molar-refractivity contribution in [1.82, 2.24) is 4.57 Å². The molecule has 0 bridgehead atoms. The fraction of sp³-hybridized carbons (Fsp3) is 0.0455. The summed E-state index contributed by atoms with van der Waals surface area (Å²) in [6, 6.07) is 63.5. The highest BCUT2D eigenvalue weighted by molar-refractivity contribution is 6.09. The van der Waals surface area contributed by atoms with Gasteiger partial charge in [-0.1, -0.05) is 147 Å². The third-order valence-corrected chi connectivity index (χ3v) is 8.36. The van der Waals surface area contributed by atoms with E-state index in [-0.39, 0.29) is 0 Å². The Morgan fingerprint density at radius 2 is 0.622 bits per heavy atom. The van der Waals surface area contributed by atoms with Crippen molar-refractivity contribution in [2.45, 2.75) is 13.8 Å². The molecule has 45 heavy (non-hydrogen) atoms. The van der Waals surface area contributed by atoms with Crippen molar-refractivity contribution in [1.29, 1.82) is 0 Å². The molecular weight excluding hydrogens is 542 g/mol. The molecule has 0 radical (unpaired) electrons. The van der Waals surface area contributed by atoms with E-state index in [4.69, 9.17) is 0 Å². The van der Waals surface area contributed by atoms with Crippen molar-refractivity contribution in [2.24, 2.45) is 0 Å².